The van der Waals surface area contributed by atoms with Gasteiger partial charge in [0, 0.05) is 26.2 Å². The molecule has 0 saturated heterocycles. The zero-order valence-corrected chi connectivity index (χ0v) is 11.7. The van der Waals surface area contributed by atoms with E-state index < -0.39 is 0 Å². The molecule has 0 aliphatic rings. The van der Waals surface area contributed by atoms with E-state index in [0.717, 1.165) is 26.2 Å². The van der Waals surface area contributed by atoms with Crippen molar-refractivity contribution >= 4 is 0 Å². The summed E-state index contributed by atoms with van der Waals surface area (Å²) in [5, 5.41) is 0. The summed E-state index contributed by atoms with van der Waals surface area (Å²) in [5.41, 5.74) is 9.80. The third-order valence-corrected chi connectivity index (χ3v) is 3.05. The molecule has 2 heteroatoms. The van der Waals surface area contributed by atoms with Crippen LogP contribution in [0.25, 0.3) is 0 Å². The quantitative estimate of drug-likeness (QED) is 0.820. The molecule has 2 nitrogen and oxygen atoms in total. The number of hydrogen-bond donors (Lipinski definition) is 1. The monoisotopic (exact) mass is 234 g/mol. The first-order valence-electron chi connectivity index (χ1n) is 6.51. The van der Waals surface area contributed by atoms with E-state index in [2.05, 4.69) is 50.8 Å². The SMILES string of the molecule is Cc1ccc(CN(CCN)CC(C)C)cc1C. The third kappa shape index (κ3) is 4.88. The highest BCUT2D eigenvalue weighted by atomic mass is 15.1. The van der Waals surface area contributed by atoms with Crippen molar-refractivity contribution in [3.63, 3.8) is 0 Å². The Morgan fingerprint density at radius 2 is 1.88 bits per heavy atom. The van der Waals surface area contributed by atoms with E-state index in [9.17, 15) is 0 Å². The van der Waals surface area contributed by atoms with Crippen LogP contribution in [0, 0.1) is 19.8 Å². The molecule has 17 heavy (non-hydrogen) atoms. The summed E-state index contributed by atoms with van der Waals surface area (Å²) in [6, 6.07) is 6.73. The lowest BCUT2D eigenvalue weighted by Gasteiger charge is -2.24. The molecular weight excluding hydrogens is 208 g/mol. The molecule has 0 bridgehead atoms. The van der Waals surface area contributed by atoms with Gasteiger partial charge >= 0.3 is 0 Å². The molecular formula is C15H26N2. The highest BCUT2D eigenvalue weighted by molar-refractivity contribution is 5.29. The number of aryl methyl sites for hydroxylation is 2. The highest BCUT2D eigenvalue weighted by Gasteiger charge is 2.07. The smallest absolute Gasteiger partial charge is 0.0234 e. The van der Waals surface area contributed by atoms with Gasteiger partial charge < -0.3 is 5.73 Å². The second-order valence-corrected chi connectivity index (χ2v) is 5.34. The maximum Gasteiger partial charge on any atom is 0.0234 e. The van der Waals surface area contributed by atoms with Crippen molar-refractivity contribution in [1.29, 1.82) is 0 Å². The number of rotatable bonds is 6. The Morgan fingerprint density at radius 1 is 1.18 bits per heavy atom. The molecule has 1 aromatic rings. The zero-order valence-electron chi connectivity index (χ0n) is 11.7. The molecule has 0 atom stereocenters. The Balaban J connectivity index is 2.67. The van der Waals surface area contributed by atoms with Gasteiger partial charge in [-0.15, -0.1) is 0 Å². The van der Waals surface area contributed by atoms with Crippen LogP contribution >= 0.6 is 0 Å². The average molecular weight is 234 g/mol. The van der Waals surface area contributed by atoms with E-state index in [4.69, 9.17) is 5.73 Å². The third-order valence-electron chi connectivity index (χ3n) is 3.05. The molecule has 0 amide bonds. The minimum atomic E-state index is 0.688. The van der Waals surface area contributed by atoms with Crippen LogP contribution in [-0.4, -0.2) is 24.5 Å². The lowest BCUT2D eigenvalue weighted by Crippen LogP contribution is -2.32. The fourth-order valence-electron chi connectivity index (χ4n) is 2.09. The van der Waals surface area contributed by atoms with Crippen molar-refractivity contribution in [3.8, 4) is 0 Å². The molecule has 0 heterocycles. The van der Waals surface area contributed by atoms with Crippen LogP contribution in [0.3, 0.4) is 0 Å². The number of hydrogen-bond acceptors (Lipinski definition) is 2. The summed E-state index contributed by atoms with van der Waals surface area (Å²) >= 11 is 0. The minimum absolute atomic E-state index is 0.688. The van der Waals surface area contributed by atoms with Gasteiger partial charge in [-0.1, -0.05) is 32.0 Å². The Bertz CT molecular complexity index is 345. The van der Waals surface area contributed by atoms with Gasteiger partial charge in [0.15, 0.2) is 0 Å². The van der Waals surface area contributed by atoms with Crippen LogP contribution in [0.5, 0.6) is 0 Å². The van der Waals surface area contributed by atoms with Gasteiger partial charge in [-0.3, -0.25) is 4.90 Å². The summed E-state index contributed by atoms with van der Waals surface area (Å²) in [4.78, 5) is 2.44. The van der Waals surface area contributed by atoms with Gasteiger partial charge in [0.1, 0.15) is 0 Å². The van der Waals surface area contributed by atoms with E-state index in [1.165, 1.54) is 16.7 Å². The topological polar surface area (TPSA) is 29.3 Å². The summed E-state index contributed by atoms with van der Waals surface area (Å²) in [6.07, 6.45) is 0. The molecule has 2 N–H and O–H groups in total. The molecule has 0 fully saturated rings. The van der Waals surface area contributed by atoms with Gasteiger partial charge in [-0.05, 0) is 36.5 Å². The highest BCUT2D eigenvalue weighted by Crippen LogP contribution is 2.12. The molecule has 0 aromatic heterocycles. The van der Waals surface area contributed by atoms with Crippen LogP contribution in [0.1, 0.15) is 30.5 Å². The molecule has 1 aromatic carbocycles. The van der Waals surface area contributed by atoms with E-state index in [-0.39, 0.29) is 0 Å². The van der Waals surface area contributed by atoms with E-state index >= 15 is 0 Å². The first kappa shape index (κ1) is 14.2. The van der Waals surface area contributed by atoms with Gasteiger partial charge in [-0.25, -0.2) is 0 Å². The largest absolute Gasteiger partial charge is 0.329 e. The van der Waals surface area contributed by atoms with E-state index in [1.54, 1.807) is 0 Å². The molecule has 1 rings (SSSR count). The molecule has 0 saturated carbocycles. The van der Waals surface area contributed by atoms with Crippen LogP contribution in [-0.2, 0) is 6.54 Å². The number of benzene rings is 1. The van der Waals surface area contributed by atoms with Crippen molar-refractivity contribution in [1.82, 2.24) is 4.90 Å². The molecule has 0 unspecified atom stereocenters. The molecule has 96 valence electrons. The number of nitrogens with zero attached hydrogens (tertiary/aromatic N) is 1. The lowest BCUT2D eigenvalue weighted by molar-refractivity contribution is 0.242. The zero-order chi connectivity index (χ0) is 12.8. The standard InChI is InChI=1S/C15H26N2/c1-12(2)10-17(8-7-16)11-15-6-5-13(3)14(4)9-15/h5-6,9,12H,7-8,10-11,16H2,1-4H3. The minimum Gasteiger partial charge on any atom is -0.329 e. The van der Waals surface area contributed by atoms with Crippen molar-refractivity contribution in [2.75, 3.05) is 19.6 Å². The van der Waals surface area contributed by atoms with Crippen LogP contribution < -0.4 is 5.73 Å². The lowest BCUT2D eigenvalue weighted by atomic mass is 10.1. The molecule has 0 spiro atoms. The van der Waals surface area contributed by atoms with Gasteiger partial charge in [-0.2, -0.15) is 0 Å². The van der Waals surface area contributed by atoms with Crippen molar-refractivity contribution in [2.45, 2.75) is 34.2 Å². The maximum absolute atomic E-state index is 5.67. The second kappa shape index (κ2) is 6.77. The maximum atomic E-state index is 5.67. The predicted molar refractivity (Wildman–Crippen MR) is 75.1 cm³/mol. The van der Waals surface area contributed by atoms with Crippen LogP contribution in [0.4, 0.5) is 0 Å². The first-order chi connectivity index (χ1) is 8.02. The molecule has 0 radical (unpaired) electrons. The Labute approximate surface area is 106 Å². The van der Waals surface area contributed by atoms with Gasteiger partial charge in [0.2, 0.25) is 0 Å². The van der Waals surface area contributed by atoms with Crippen LogP contribution in [0.2, 0.25) is 0 Å². The van der Waals surface area contributed by atoms with Crippen molar-refractivity contribution < 1.29 is 0 Å². The fourth-order valence-corrected chi connectivity index (χ4v) is 2.09. The van der Waals surface area contributed by atoms with Crippen molar-refractivity contribution in [3.05, 3.63) is 34.9 Å². The molecule has 0 aliphatic carbocycles. The summed E-state index contributed by atoms with van der Waals surface area (Å²) in [5.74, 6) is 0.688. The summed E-state index contributed by atoms with van der Waals surface area (Å²) in [6.45, 7) is 12.7. The Hall–Kier alpha value is -0.860. The summed E-state index contributed by atoms with van der Waals surface area (Å²) in [7, 11) is 0. The Morgan fingerprint density at radius 3 is 2.41 bits per heavy atom. The van der Waals surface area contributed by atoms with Gasteiger partial charge in [0.25, 0.3) is 0 Å². The van der Waals surface area contributed by atoms with Gasteiger partial charge in [0.05, 0.1) is 0 Å². The normalized spacial score (nSPS) is 11.5. The predicted octanol–water partition coefficient (Wildman–Crippen LogP) is 2.72. The number of nitrogens with two attached hydrogens (primary N) is 1. The summed E-state index contributed by atoms with van der Waals surface area (Å²) < 4.78 is 0. The van der Waals surface area contributed by atoms with Crippen molar-refractivity contribution in [2.24, 2.45) is 11.7 Å². The molecule has 0 aliphatic heterocycles. The Kier molecular flexibility index (Phi) is 5.66. The first-order valence-corrected chi connectivity index (χ1v) is 6.51. The van der Waals surface area contributed by atoms with E-state index in [0.29, 0.717) is 5.92 Å². The second-order valence-electron chi connectivity index (χ2n) is 5.34. The van der Waals surface area contributed by atoms with Crippen LogP contribution in [0.15, 0.2) is 18.2 Å². The average Bonchev–Trinajstić information content (AvgIpc) is 2.23. The fraction of sp³-hybridized carbons (Fsp3) is 0.600. The van der Waals surface area contributed by atoms with E-state index in [1.807, 2.05) is 0 Å².